The number of halogens is 1. The van der Waals surface area contributed by atoms with Gasteiger partial charge in [-0.25, -0.2) is 0 Å². The van der Waals surface area contributed by atoms with Gasteiger partial charge in [-0.1, -0.05) is 46.2 Å². The van der Waals surface area contributed by atoms with Gasteiger partial charge in [0.05, 0.1) is 9.95 Å². The molecule has 1 N–H and O–H groups in total. The largest absolute Gasteiger partial charge is 0.501 e. The third-order valence-electron chi connectivity index (χ3n) is 2.99. The Morgan fingerprint density at radius 3 is 2.21 bits per heavy atom. The normalized spacial score (nSPS) is 12.5. The van der Waals surface area contributed by atoms with Crippen molar-refractivity contribution >= 4 is 17.3 Å². The van der Waals surface area contributed by atoms with Crippen molar-refractivity contribution in [2.24, 2.45) is 5.41 Å². The molecule has 0 aliphatic rings. The van der Waals surface area contributed by atoms with Gasteiger partial charge in [0.15, 0.2) is 0 Å². The third kappa shape index (κ3) is 3.60. The molecule has 0 aliphatic carbocycles. The van der Waals surface area contributed by atoms with E-state index in [1.165, 1.54) is 6.07 Å². The number of phenols is 1. The average molecular weight is 286 g/mol. The summed E-state index contributed by atoms with van der Waals surface area (Å²) in [5.74, 6) is -0.453. The zero-order chi connectivity index (χ0) is 15.0. The van der Waals surface area contributed by atoms with Gasteiger partial charge >= 0.3 is 5.69 Å². The van der Waals surface area contributed by atoms with Crippen molar-refractivity contribution in [1.29, 1.82) is 0 Å². The molecule has 106 valence electrons. The first-order chi connectivity index (χ1) is 8.46. The maximum Gasteiger partial charge on any atom is 0.312 e. The van der Waals surface area contributed by atoms with Crippen molar-refractivity contribution in [2.75, 3.05) is 0 Å². The highest BCUT2D eigenvalue weighted by atomic mass is 35.5. The Morgan fingerprint density at radius 2 is 1.79 bits per heavy atom. The molecule has 0 atom stereocenters. The third-order valence-corrected chi connectivity index (χ3v) is 3.38. The Hall–Kier alpha value is -1.29. The maximum atomic E-state index is 10.8. The molecular formula is C14H20ClNO3. The first-order valence-electron chi connectivity index (χ1n) is 6.12. The zero-order valence-corrected chi connectivity index (χ0v) is 12.7. The Kier molecular flexibility index (Phi) is 4.15. The average Bonchev–Trinajstić information content (AvgIpc) is 2.17. The van der Waals surface area contributed by atoms with E-state index >= 15 is 0 Å². The fourth-order valence-corrected chi connectivity index (χ4v) is 3.06. The van der Waals surface area contributed by atoms with Crippen LogP contribution in [0.15, 0.2) is 12.1 Å². The second-order valence-electron chi connectivity index (χ2n) is 6.67. The Balaban J connectivity index is 3.29. The van der Waals surface area contributed by atoms with Crippen molar-refractivity contribution < 1.29 is 10.0 Å². The molecule has 4 nitrogen and oxygen atoms in total. The molecule has 0 bridgehead atoms. The van der Waals surface area contributed by atoms with Gasteiger partial charge in [0.2, 0.25) is 5.75 Å². The Bertz CT molecular complexity index is 504. The van der Waals surface area contributed by atoms with Gasteiger partial charge in [-0.3, -0.25) is 10.1 Å². The summed E-state index contributed by atoms with van der Waals surface area (Å²) < 4.78 is 0. The van der Waals surface area contributed by atoms with E-state index in [1.807, 2.05) is 13.8 Å². The molecule has 0 spiro atoms. The zero-order valence-electron chi connectivity index (χ0n) is 12.0. The van der Waals surface area contributed by atoms with Crippen LogP contribution in [0.3, 0.4) is 0 Å². The minimum absolute atomic E-state index is 0.0726. The molecule has 0 aliphatic heterocycles. The number of phenolic OH excluding ortho intramolecular Hbond substituents is 1. The number of nitro groups is 1. The number of hydrogen-bond acceptors (Lipinski definition) is 3. The molecular weight excluding hydrogens is 266 g/mol. The number of benzene rings is 1. The first kappa shape index (κ1) is 15.8. The molecule has 1 rings (SSSR count). The van der Waals surface area contributed by atoms with E-state index in [-0.39, 0.29) is 21.5 Å². The lowest BCUT2D eigenvalue weighted by Gasteiger charge is -2.33. The van der Waals surface area contributed by atoms with Gasteiger partial charge in [-0.15, -0.1) is 0 Å². The summed E-state index contributed by atoms with van der Waals surface area (Å²) in [5, 5.41) is 20.7. The maximum absolute atomic E-state index is 10.8. The van der Waals surface area contributed by atoms with Crippen LogP contribution in [0.4, 0.5) is 5.69 Å². The van der Waals surface area contributed by atoms with Crippen LogP contribution in [0.5, 0.6) is 5.75 Å². The fraction of sp³-hybridized carbons (Fsp3) is 0.571. The van der Waals surface area contributed by atoms with Gasteiger partial charge in [-0.2, -0.15) is 0 Å². The first-order valence-corrected chi connectivity index (χ1v) is 6.50. The van der Waals surface area contributed by atoms with E-state index in [2.05, 4.69) is 20.8 Å². The number of hydrogen-bond donors (Lipinski definition) is 1. The van der Waals surface area contributed by atoms with Crippen LogP contribution in [0.1, 0.15) is 46.6 Å². The summed E-state index contributed by atoms with van der Waals surface area (Å²) in [6, 6.07) is 2.94. The highest BCUT2D eigenvalue weighted by molar-refractivity contribution is 6.33. The molecule has 0 unspecified atom stereocenters. The van der Waals surface area contributed by atoms with Gasteiger partial charge in [0.25, 0.3) is 0 Å². The van der Waals surface area contributed by atoms with E-state index < -0.39 is 10.7 Å². The molecule has 0 radical (unpaired) electrons. The summed E-state index contributed by atoms with van der Waals surface area (Å²) in [7, 11) is 0. The topological polar surface area (TPSA) is 63.4 Å². The lowest BCUT2D eigenvalue weighted by Crippen LogP contribution is -2.25. The Morgan fingerprint density at radius 1 is 1.26 bits per heavy atom. The molecule has 0 amide bonds. The van der Waals surface area contributed by atoms with E-state index in [0.717, 1.165) is 12.0 Å². The van der Waals surface area contributed by atoms with E-state index in [4.69, 9.17) is 11.6 Å². The van der Waals surface area contributed by atoms with E-state index in [0.29, 0.717) is 0 Å². The van der Waals surface area contributed by atoms with E-state index in [9.17, 15) is 15.2 Å². The van der Waals surface area contributed by atoms with Gasteiger partial charge in [0.1, 0.15) is 0 Å². The second kappa shape index (κ2) is 5.00. The predicted octanol–water partition coefficient (Wildman–Crippen LogP) is 4.67. The van der Waals surface area contributed by atoms with Gasteiger partial charge in [0, 0.05) is 6.07 Å². The standard InChI is InChI=1S/C14H20ClNO3/c1-13(2,3)8-14(4,5)9-6-7-10(16(18)19)12(17)11(9)15/h6-7,17H,8H2,1-5H3. The fourth-order valence-electron chi connectivity index (χ4n) is 2.65. The van der Waals surface area contributed by atoms with Crippen LogP contribution in [0.2, 0.25) is 5.02 Å². The van der Waals surface area contributed by atoms with Crippen molar-refractivity contribution in [3.63, 3.8) is 0 Å². The van der Waals surface area contributed by atoms with Crippen molar-refractivity contribution in [2.45, 2.75) is 46.5 Å². The second-order valence-corrected chi connectivity index (χ2v) is 7.05. The highest BCUT2D eigenvalue weighted by Crippen LogP contribution is 2.44. The lowest BCUT2D eigenvalue weighted by molar-refractivity contribution is -0.385. The Labute approximate surface area is 118 Å². The van der Waals surface area contributed by atoms with Crippen molar-refractivity contribution in [3.05, 3.63) is 32.8 Å². The summed E-state index contributed by atoms with van der Waals surface area (Å²) in [6.07, 6.45) is 0.844. The van der Waals surface area contributed by atoms with E-state index in [1.54, 1.807) is 6.07 Å². The minimum Gasteiger partial charge on any atom is -0.501 e. The van der Waals surface area contributed by atoms with Crippen LogP contribution in [0, 0.1) is 15.5 Å². The quantitative estimate of drug-likeness (QED) is 0.648. The number of nitrogens with zero attached hydrogens (tertiary/aromatic N) is 1. The van der Waals surface area contributed by atoms with Crippen LogP contribution in [0.25, 0.3) is 0 Å². The number of rotatable bonds is 3. The summed E-state index contributed by atoms with van der Waals surface area (Å²) >= 11 is 6.10. The summed E-state index contributed by atoms with van der Waals surface area (Å²) in [6.45, 7) is 10.4. The lowest BCUT2D eigenvalue weighted by atomic mass is 9.72. The minimum atomic E-state index is -0.637. The summed E-state index contributed by atoms with van der Waals surface area (Å²) in [4.78, 5) is 10.1. The SMILES string of the molecule is CC(C)(C)CC(C)(C)c1ccc([N+](=O)[O-])c(O)c1Cl. The van der Waals surface area contributed by atoms with Crippen LogP contribution < -0.4 is 0 Å². The molecule has 1 aromatic carbocycles. The molecule has 0 saturated carbocycles. The van der Waals surface area contributed by atoms with Crippen LogP contribution in [-0.4, -0.2) is 10.0 Å². The highest BCUT2D eigenvalue weighted by Gasteiger charge is 2.32. The molecule has 0 saturated heterocycles. The monoisotopic (exact) mass is 285 g/mol. The molecule has 0 heterocycles. The molecule has 0 aromatic heterocycles. The summed E-state index contributed by atoms with van der Waals surface area (Å²) in [5.41, 5.74) is 0.180. The van der Waals surface area contributed by atoms with Crippen LogP contribution in [-0.2, 0) is 5.41 Å². The predicted molar refractivity (Wildman–Crippen MR) is 76.9 cm³/mol. The molecule has 0 fully saturated rings. The number of aromatic hydroxyl groups is 1. The number of nitro benzene ring substituents is 1. The van der Waals surface area contributed by atoms with Gasteiger partial charge < -0.3 is 5.11 Å². The molecule has 19 heavy (non-hydrogen) atoms. The molecule has 1 aromatic rings. The molecule has 5 heteroatoms. The van der Waals surface area contributed by atoms with Crippen molar-refractivity contribution in [3.8, 4) is 5.75 Å². The smallest absolute Gasteiger partial charge is 0.312 e. The van der Waals surface area contributed by atoms with Crippen LogP contribution >= 0.6 is 11.6 Å². The van der Waals surface area contributed by atoms with Crippen molar-refractivity contribution in [1.82, 2.24) is 0 Å². The van der Waals surface area contributed by atoms with Gasteiger partial charge in [-0.05, 0) is 28.9 Å².